The Morgan fingerprint density at radius 2 is 2.28 bits per heavy atom. The SMILES string of the molecule is C/C=C/C(=O)OC(C[Se]c1ccccc1)N=[N+]=[N-]. The van der Waals surface area contributed by atoms with Crippen LogP contribution in [0, 0.1) is 0 Å². The molecule has 0 aliphatic rings. The van der Waals surface area contributed by atoms with Crippen LogP contribution >= 0.6 is 0 Å². The Kier molecular flexibility index (Phi) is 6.66. The van der Waals surface area contributed by atoms with Gasteiger partial charge in [0.2, 0.25) is 0 Å². The Hall–Kier alpha value is -1.74. The maximum atomic E-state index is 11.3. The van der Waals surface area contributed by atoms with Crippen LogP contribution in [0.3, 0.4) is 0 Å². The van der Waals surface area contributed by atoms with Crippen molar-refractivity contribution >= 4 is 25.4 Å². The molecule has 0 heterocycles. The van der Waals surface area contributed by atoms with E-state index in [0.29, 0.717) is 5.32 Å². The van der Waals surface area contributed by atoms with Crippen molar-refractivity contribution in [2.45, 2.75) is 18.5 Å². The molecule has 0 aliphatic heterocycles. The van der Waals surface area contributed by atoms with Crippen molar-refractivity contribution in [2.75, 3.05) is 0 Å². The number of azide groups is 1. The Morgan fingerprint density at radius 1 is 1.56 bits per heavy atom. The van der Waals surface area contributed by atoms with Gasteiger partial charge in [-0.3, -0.25) is 0 Å². The van der Waals surface area contributed by atoms with Gasteiger partial charge in [0.25, 0.3) is 0 Å². The third-order valence-corrected chi connectivity index (χ3v) is 4.09. The molecule has 0 aromatic heterocycles. The van der Waals surface area contributed by atoms with E-state index in [1.165, 1.54) is 10.5 Å². The number of nitrogens with zero attached hydrogens (tertiary/aromatic N) is 3. The second kappa shape index (κ2) is 8.36. The van der Waals surface area contributed by atoms with E-state index in [9.17, 15) is 4.79 Å². The Morgan fingerprint density at radius 3 is 2.89 bits per heavy atom. The van der Waals surface area contributed by atoms with Crippen molar-refractivity contribution in [2.24, 2.45) is 5.11 Å². The standard InChI is InChI=1S/C12H13N3O2Se/c1-2-6-12(16)17-11(14-15-13)9-18-10-7-4-3-5-8-10/h2-8,11H,9H2,1H3/b6-2+. The molecule has 1 aromatic rings. The molecule has 0 fully saturated rings. The van der Waals surface area contributed by atoms with Crippen LogP contribution in [0.4, 0.5) is 0 Å². The fourth-order valence-electron chi connectivity index (χ4n) is 1.14. The van der Waals surface area contributed by atoms with Crippen molar-refractivity contribution in [1.29, 1.82) is 0 Å². The van der Waals surface area contributed by atoms with Crippen molar-refractivity contribution in [3.63, 3.8) is 0 Å². The Balaban J connectivity index is 2.53. The molecule has 1 rings (SSSR count). The molecular weight excluding hydrogens is 297 g/mol. The molecule has 94 valence electrons. The molecule has 0 bridgehead atoms. The van der Waals surface area contributed by atoms with Gasteiger partial charge in [-0.05, 0) is 0 Å². The van der Waals surface area contributed by atoms with Crippen molar-refractivity contribution in [1.82, 2.24) is 0 Å². The number of carbonyl (C=O) groups is 1. The average molecular weight is 310 g/mol. The third kappa shape index (κ3) is 5.55. The summed E-state index contributed by atoms with van der Waals surface area (Å²) in [5, 5.41) is 4.01. The zero-order valence-electron chi connectivity index (χ0n) is 9.89. The summed E-state index contributed by atoms with van der Waals surface area (Å²) in [5.41, 5.74) is 8.43. The molecule has 18 heavy (non-hydrogen) atoms. The maximum absolute atomic E-state index is 11.3. The van der Waals surface area contributed by atoms with Gasteiger partial charge in [-0.15, -0.1) is 0 Å². The molecule has 0 saturated carbocycles. The summed E-state index contributed by atoms with van der Waals surface area (Å²) in [5.74, 6) is -0.487. The van der Waals surface area contributed by atoms with E-state index in [2.05, 4.69) is 10.0 Å². The quantitative estimate of drug-likeness (QED) is 0.202. The van der Waals surface area contributed by atoms with E-state index in [1.807, 2.05) is 30.3 Å². The average Bonchev–Trinajstić information content (AvgIpc) is 2.38. The molecule has 1 unspecified atom stereocenters. The third-order valence-electron chi connectivity index (χ3n) is 1.87. The van der Waals surface area contributed by atoms with E-state index >= 15 is 0 Å². The molecule has 0 amide bonds. The van der Waals surface area contributed by atoms with Gasteiger partial charge >= 0.3 is 111 Å². The normalized spacial score (nSPS) is 11.8. The molecule has 0 saturated heterocycles. The first-order valence-electron chi connectivity index (χ1n) is 5.31. The second-order valence-corrected chi connectivity index (χ2v) is 5.51. The molecule has 0 N–H and O–H groups in total. The first-order valence-corrected chi connectivity index (χ1v) is 7.38. The summed E-state index contributed by atoms with van der Waals surface area (Å²) in [7, 11) is 0. The molecule has 0 radical (unpaired) electrons. The number of hydrogen-bond acceptors (Lipinski definition) is 3. The van der Waals surface area contributed by atoms with E-state index in [1.54, 1.807) is 13.0 Å². The number of carbonyl (C=O) groups excluding carboxylic acids is 1. The van der Waals surface area contributed by atoms with Crippen LogP contribution < -0.4 is 4.46 Å². The van der Waals surface area contributed by atoms with Crippen LogP contribution in [-0.4, -0.2) is 27.2 Å². The van der Waals surface area contributed by atoms with Gasteiger partial charge in [-0.2, -0.15) is 0 Å². The fraction of sp³-hybridized carbons (Fsp3) is 0.250. The zero-order chi connectivity index (χ0) is 13.2. The number of allylic oxidation sites excluding steroid dienone is 1. The predicted molar refractivity (Wildman–Crippen MR) is 70.5 cm³/mol. The monoisotopic (exact) mass is 311 g/mol. The van der Waals surface area contributed by atoms with Crippen LogP contribution in [0.5, 0.6) is 0 Å². The van der Waals surface area contributed by atoms with Crippen LogP contribution in [0.25, 0.3) is 10.4 Å². The number of rotatable bonds is 6. The number of esters is 1. The summed E-state index contributed by atoms with van der Waals surface area (Å²) in [6.45, 7) is 1.72. The molecular formula is C12H13N3O2Se. The van der Waals surface area contributed by atoms with E-state index < -0.39 is 12.2 Å². The van der Waals surface area contributed by atoms with Crippen LogP contribution in [0.15, 0.2) is 47.6 Å². The van der Waals surface area contributed by atoms with Crippen LogP contribution in [0.2, 0.25) is 5.32 Å². The molecule has 1 aromatic carbocycles. The van der Waals surface area contributed by atoms with E-state index in [4.69, 9.17) is 10.3 Å². The molecule has 1 atom stereocenters. The fourth-order valence-corrected chi connectivity index (χ4v) is 2.86. The van der Waals surface area contributed by atoms with Crippen molar-refractivity contribution < 1.29 is 9.53 Å². The van der Waals surface area contributed by atoms with Crippen molar-refractivity contribution in [3.8, 4) is 0 Å². The molecule has 6 heteroatoms. The van der Waals surface area contributed by atoms with Gasteiger partial charge in [-0.25, -0.2) is 0 Å². The molecule has 0 spiro atoms. The summed E-state index contributed by atoms with van der Waals surface area (Å²) in [4.78, 5) is 13.9. The number of benzene rings is 1. The second-order valence-electron chi connectivity index (χ2n) is 3.22. The summed E-state index contributed by atoms with van der Waals surface area (Å²) < 4.78 is 6.19. The van der Waals surface area contributed by atoms with Crippen LogP contribution in [0.1, 0.15) is 6.92 Å². The minimum absolute atomic E-state index is 0.107. The minimum atomic E-state index is -0.737. The summed E-state index contributed by atoms with van der Waals surface area (Å²) >= 11 is 0.107. The topological polar surface area (TPSA) is 75.1 Å². The first kappa shape index (κ1) is 14.3. The van der Waals surface area contributed by atoms with E-state index in [-0.39, 0.29) is 15.0 Å². The van der Waals surface area contributed by atoms with Crippen molar-refractivity contribution in [3.05, 3.63) is 52.9 Å². The molecule has 0 aliphatic carbocycles. The van der Waals surface area contributed by atoms with Gasteiger partial charge in [0.1, 0.15) is 0 Å². The predicted octanol–water partition coefficient (Wildman–Crippen LogP) is 2.19. The van der Waals surface area contributed by atoms with Gasteiger partial charge in [0, 0.05) is 0 Å². The number of hydrogen-bond donors (Lipinski definition) is 0. The summed E-state index contributed by atoms with van der Waals surface area (Å²) in [6, 6.07) is 9.84. The Labute approximate surface area is 112 Å². The van der Waals surface area contributed by atoms with Gasteiger partial charge in [0.15, 0.2) is 0 Å². The van der Waals surface area contributed by atoms with E-state index in [0.717, 1.165) is 0 Å². The first-order chi connectivity index (χ1) is 8.76. The Bertz CT molecular complexity index is 456. The van der Waals surface area contributed by atoms with Gasteiger partial charge < -0.3 is 0 Å². The van der Waals surface area contributed by atoms with Gasteiger partial charge in [-0.1, -0.05) is 0 Å². The summed E-state index contributed by atoms with van der Waals surface area (Å²) in [6.07, 6.45) is 2.15. The zero-order valence-corrected chi connectivity index (χ0v) is 11.6. The number of ether oxygens (including phenoxy) is 1. The van der Waals surface area contributed by atoms with Gasteiger partial charge in [0.05, 0.1) is 0 Å². The molecule has 5 nitrogen and oxygen atoms in total. The van der Waals surface area contributed by atoms with Crippen LogP contribution in [-0.2, 0) is 9.53 Å².